The number of likely N-dealkylation sites (tertiary alicyclic amines) is 1. The topological polar surface area (TPSA) is 33.2 Å². The molecule has 1 aliphatic heterocycles. The van der Waals surface area contributed by atoms with Gasteiger partial charge in [0.1, 0.15) is 0 Å². The first kappa shape index (κ1) is 11.5. The second kappa shape index (κ2) is 4.92. The van der Waals surface area contributed by atoms with Crippen molar-refractivity contribution in [2.45, 2.75) is 32.1 Å². The van der Waals surface area contributed by atoms with Gasteiger partial charge >= 0.3 is 0 Å². The molecule has 0 N–H and O–H groups in total. The van der Waals surface area contributed by atoms with E-state index < -0.39 is 0 Å². The number of nitrogens with zero attached hydrogens (tertiary/aromatic N) is 2. The number of rotatable bonds is 2. The highest BCUT2D eigenvalue weighted by Gasteiger charge is 2.24. The molecule has 18 heavy (non-hydrogen) atoms. The van der Waals surface area contributed by atoms with Crippen molar-refractivity contribution in [1.29, 1.82) is 0 Å². The number of carbonyl (C=O) groups excluding carboxylic acids is 1. The maximum absolute atomic E-state index is 12.1. The van der Waals surface area contributed by atoms with Gasteiger partial charge in [-0.25, -0.2) is 0 Å². The Labute approximate surface area is 108 Å². The van der Waals surface area contributed by atoms with Gasteiger partial charge < -0.3 is 4.90 Å². The molecule has 0 atom stereocenters. The lowest BCUT2D eigenvalue weighted by atomic mass is 10.0. The standard InChI is InChI=1S/C15H18N2O/c18-15(10-12-2-1-7-16-11-12)17-8-5-14(6-9-17)13-3-4-13/h1-2,7,11H,3-6,8-10H2. The molecule has 2 fully saturated rings. The molecule has 0 spiro atoms. The van der Waals surface area contributed by atoms with Crippen molar-refractivity contribution in [1.82, 2.24) is 9.88 Å². The minimum Gasteiger partial charge on any atom is -0.342 e. The SMILES string of the molecule is O=C(Cc1cccnc1)N1CCC(=C2CC2)CC1. The molecular formula is C15H18N2O. The van der Waals surface area contributed by atoms with Gasteiger partial charge in [-0.1, -0.05) is 17.2 Å². The van der Waals surface area contributed by atoms with Crippen molar-refractivity contribution in [2.75, 3.05) is 13.1 Å². The Morgan fingerprint density at radius 3 is 2.50 bits per heavy atom. The normalized spacial score (nSPS) is 19.0. The van der Waals surface area contributed by atoms with Crippen LogP contribution in [-0.4, -0.2) is 28.9 Å². The van der Waals surface area contributed by atoms with Crippen molar-refractivity contribution >= 4 is 5.91 Å². The third-order valence-electron chi connectivity index (χ3n) is 3.80. The summed E-state index contributed by atoms with van der Waals surface area (Å²) in [5.41, 5.74) is 4.30. The lowest BCUT2D eigenvalue weighted by molar-refractivity contribution is -0.130. The Balaban J connectivity index is 1.56. The first-order valence-corrected chi connectivity index (χ1v) is 6.69. The quantitative estimate of drug-likeness (QED) is 0.746. The smallest absolute Gasteiger partial charge is 0.227 e. The molecule has 0 unspecified atom stereocenters. The molecular weight excluding hydrogens is 224 g/mol. The van der Waals surface area contributed by atoms with Crippen LogP contribution in [0, 0.1) is 0 Å². The minimum atomic E-state index is 0.239. The highest BCUT2D eigenvalue weighted by Crippen LogP contribution is 2.36. The molecule has 0 bridgehead atoms. The number of hydrogen-bond acceptors (Lipinski definition) is 2. The van der Waals surface area contributed by atoms with Gasteiger partial charge in [0, 0.05) is 25.5 Å². The first-order chi connectivity index (χ1) is 8.83. The molecule has 2 aliphatic rings. The molecule has 3 nitrogen and oxygen atoms in total. The average Bonchev–Trinajstić information content (AvgIpc) is 3.24. The fourth-order valence-corrected chi connectivity index (χ4v) is 2.58. The Bertz CT molecular complexity index is 463. The van der Waals surface area contributed by atoms with E-state index in [0.717, 1.165) is 31.5 Å². The average molecular weight is 242 g/mol. The highest BCUT2D eigenvalue weighted by molar-refractivity contribution is 5.78. The monoisotopic (exact) mass is 242 g/mol. The van der Waals surface area contributed by atoms with Crippen LogP contribution >= 0.6 is 0 Å². The lowest BCUT2D eigenvalue weighted by Gasteiger charge is -2.28. The summed E-state index contributed by atoms with van der Waals surface area (Å²) in [5, 5.41) is 0. The van der Waals surface area contributed by atoms with E-state index in [1.807, 2.05) is 17.0 Å². The van der Waals surface area contributed by atoms with Gasteiger partial charge in [-0.15, -0.1) is 0 Å². The van der Waals surface area contributed by atoms with E-state index >= 15 is 0 Å². The van der Waals surface area contributed by atoms with E-state index in [9.17, 15) is 4.79 Å². The van der Waals surface area contributed by atoms with E-state index in [1.54, 1.807) is 23.5 Å². The van der Waals surface area contributed by atoms with E-state index in [1.165, 1.54) is 12.8 Å². The number of piperidine rings is 1. The highest BCUT2D eigenvalue weighted by atomic mass is 16.2. The number of amides is 1. The van der Waals surface area contributed by atoms with Crippen molar-refractivity contribution in [3.63, 3.8) is 0 Å². The Kier molecular flexibility index (Phi) is 3.13. The molecule has 0 aromatic carbocycles. The predicted molar refractivity (Wildman–Crippen MR) is 70.0 cm³/mol. The maximum Gasteiger partial charge on any atom is 0.227 e. The van der Waals surface area contributed by atoms with Crippen molar-refractivity contribution in [2.24, 2.45) is 0 Å². The van der Waals surface area contributed by atoms with E-state index in [-0.39, 0.29) is 5.91 Å². The van der Waals surface area contributed by atoms with Crippen LogP contribution in [0.15, 0.2) is 35.7 Å². The van der Waals surface area contributed by atoms with Crippen molar-refractivity contribution in [3.05, 3.63) is 41.2 Å². The first-order valence-electron chi connectivity index (χ1n) is 6.69. The van der Waals surface area contributed by atoms with E-state index in [2.05, 4.69) is 4.98 Å². The third kappa shape index (κ3) is 2.61. The van der Waals surface area contributed by atoms with Crippen LogP contribution < -0.4 is 0 Å². The van der Waals surface area contributed by atoms with Gasteiger partial charge in [0.25, 0.3) is 0 Å². The molecule has 1 amide bonds. The number of aromatic nitrogens is 1. The second-order valence-electron chi connectivity index (χ2n) is 5.13. The summed E-state index contributed by atoms with van der Waals surface area (Å²) in [6.07, 6.45) is 8.79. The van der Waals surface area contributed by atoms with Crippen LogP contribution in [0.5, 0.6) is 0 Å². The van der Waals surface area contributed by atoms with Crippen molar-refractivity contribution in [3.8, 4) is 0 Å². The Morgan fingerprint density at radius 2 is 1.89 bits per heavy atom. The van der Waals surface area contributed by atoms with Gasteiger partial charge in [-0.3, -0.25) is 9.78 Å². The molecule has 3 rings (SSSR count). The van der Waals surface area contributed by atoms with Gasteiger partial charge in [-0.05, 0) is 37.3 Å². The minimum absolute atomic E-state index is 0.239. The number of carbonyl (C=O) groups is 1. The van der Waals surface area contributed by atoms with Crippen LogP contribution in [0.4, 0.5) is 0 Å². The molecule has 1 aromatic rings. The fraction of sp³-hybridized carbons (Fsp3) is 0.467. The Hall–Kier alpha value is -1.64. The summed E-state index contributed by atoms with van der Waals surface area (Å²) in [4.78, 5) is 18.2. The zero-order chi connectivity index (χ0) is 12.4. The second-order valence-corrected chi connectivity index (χ2v) is 5.13. The summed E-state index contributed by atoms with van der Waals surface area (Å²) >= 11 is 0. The summed E-state index contributed by atoms with van der Waals surface area (Å²) in [7, 11) is 0. The molecule has 2 heterocycles. The fourth-order valence-electron chi connectivity index (χ4n) is 2.58. The predicted octanol–water partition coefficient (Wildman–Crippen LogP) is 2.34. The summed E-state index contributed by atoms with van der Waals surface area (Å²) in [6, 6.07) is 3.85. The molecule has 1 aliphatic carbocycles. The van der Waals surface area contributed by atoms with Crippen LogP contribution in [0.25, 0.3) is 0 Å². The third-order valence-corrected chi connectivity index (χ3v) is 3.80. The molecule has 94 valence electrons. The number of pyridine rings is 1. The van der Waals surface area contributed by atoms with Crippen molar-refractivity contribution < 1.29 is 4.79 Å². The number of allylic oxidation sites excluding steroid dienone is 1. The lowest BCUT2D eigenvalue weighted by Crippen LogP contribution is -2.37. The van der Waals surface area contributed by atoms with E-state index in [0.29, 0.717) is 6.42 Å². The van der Waals surface area contributed by atoms with Crippen LogP contribution in [0.3, 0.4) is 0 Å². The van der Waals surface area contributed by atoms with Gasteiger partial charge in [0.15, 0.2) is 0 Å². The van der Waals surface area contributed by atoms with Gasteiger partial charge in [0.2, 0.25) is 5.91 Å². The molecule has 1 saturated carbocycles. The molecule has 3 heteroatoms. The summed E-state index contributed by atoms with van der Waals surface area (Å²) < 4.78 is 0. The van der Waals surface area contributed by atoms with Crippen LogP contribution in [0.2, 0.25) is 0 Å². The van der Waals surface area contributed by atoms with Crippen LogP contribution in [-0.2, 0) is 11.2 Å². The molecule has 0 radical (unpaired) electrons. The van der Waals surface area contributed by atoms with Crippen LogP contribution in [0.1, 0.15) is 31.2 Å². The maximum atomic E-state index is 12.1. The van der Waals surface area contributed by atoms with E-state index in [4.69, 9.17) is 0 Å². The van der Waals surface area contributed by atoms with Gasteiger partial charge in [-0.2, -0.15) is 0 Å². The summed E-state index contributed by atoms with van der Waals surface area (Å²) in [6.45, 7) is 1.80. The summed E-state index contributed by atoms with van der Waals surface area (Å²) in [5.74, 6) is 0.239. The van der Waals surface area contributed by atoms with Gasteiger partial charge in [0.05, 0.1) is 6.42 Å². The number of hydrogen-bond donors (Lipinski definition) is 0. The largest absolute Gasteiger partial charge is 0.342 e. The Morgan fingerprint density at radius 1 is 1.17 bits per heavy atom. The zero-order valence-electron chi connectivity index (χ0n) is 10.6. The molecule has 1 saturated heterocycles. The zero-order valence-corrected chi connectivity index (χ0v) is 10.6. The molecule has 1 aromatic heterocycles.